The Labute approximate surface area is 149 Å². The third kappa shape index (κ3) is 3.47. The summed E-state index contributed by atoms with van der Waals surface area (Å²) >= 11 is 0. The lowest BCUT2D eigenvalue weighted by molar-refractivity contribution is -0.138. The average molecular weight is 362 g/mol. The highest BCUT2D eigenvalue weighted by Crippen LogP contribution is 2.56. The van der Waals surface area contributed by atoms with Crippen LogP contribution in [0.2, 0.25) is 0 Å². The molecule has 5 nitrogen and oxygen atoms in total. The second-order valence-corrected chi connectivity index (χ2v) is 9.75. The van der Waals surface area contributed by atoms with E-state index in [0.29, 0.717) is 24.8 Å². The molecule has 0 heterocycles. The molecule has 4 bridgehead atoms. The third-order valence-corrected chi connectivity index (χ3v) is 7.42. The van der Waals surface area contributed by atoms with Crippen LogP contribution in [0.5, 0.6) is 0 Å². The summed E-state index contributed by atoms with van der Waals surface area (Å²) in [6.45, 7) is 0.594. The highest BCUT2D eigenvalue weighted by atomic mass is 32.2. The molecule has 4 aliphatic rings. The van der Waals surface area contributed by atoms with Crippen molar-refractivity contribution < 1.29 is 13.2 Å². The summed E-state index contributed by atoms with van der Waals surface area (Å²) in [6, 6.07) is 6.55. The number of rotatable bonds is 5. The number of sulfonamides is 1. The van der Waals surface area contributed by atoms with E-state index in [1.807, 2.05) is 0 Å². The van der Waals surface area contributed by atoms with Crippen molar-refractivity contribution in [2.75, 3.05) is 6.54 Å². The van der Waals surface area contributed by atoms with Crippen molar-refractivity contribution in [1.82, 2.24) is 5.32 Å². The largest absolute Gasteiger partial charge is 0.356 e. The van der Waals surface area contributed by atoms with Crippen molar-refractivity contribution in [3.8, 4) is 0 Å². The SMILES string of the molecule is NS(=O)(=O)c1ccc(CCNC(=O)C2C3CC4CC(C3)CC2C4)cc1. The van der Waals surface area contributed by atoms with Gasteiger partial charge in [-0.2, -0.15) is 0 Å². The van der Waals surface area contributed by atoms with Crippen molar-refractivity contribution in [2.45, 2.75) is 43.4 Å². The van der Waals surface area contributed by atoms with Crippen LogP contribution in [0.15, 0.2) is 29.2 Å². The van der Waals surface area contributed by atoms with Crippen LogP contribution in [0, 0.1) is 29.6 Å². The van der Waals surface area contributed by atoms with Crippen LogP contribution in [-0.2, 0) is 21.2 Å². The predicted molar refractivity (Wildman–Crippen MR) is 95.1 cm³/mol. The lowest BCUT2D eigenvalue weighted by atomic mass is 9.51. The predicted octanol–water partition coefficient (Wildman–Crippen LogP) is 2.06. The minimum Gasteiger partial charge on any atom is -0.356 e. The minimum atomic E-state index is -3.65. The van der Waals surface area contributed by atoms with Gasteiger partial charge in [0.05, 0.1) is 4.90 Å². The molecule has 25 heavy (non-hydrogen) atoms. The van der Waals surface area contributed by atoms with Crippen LogP contribution in [0.3, 0.4) is 0 Å². The average Bonchev–Trinajstić information content (AvgIpc) is 2.53. The van der Waals surface area contributed by atoms with E-state index >= 15 is 0 Å². The molecule has 0 unspecified atom stereocenters. The van der Waals surface area contributed by atoms with Gasteiger partial charge < -0.3 is 5.32 Å². The summed E-state index contributed by atoms with van der Waals surface area (Å²) in [6.07, 6.45) is 7.10. The number of amides is 1. The van der Waals surface area contributed by atoms with Crippen LogP contribution >= 0.6 is 0 Å². The first kappa shape index (κ1) is 17.0. The molecular weight excluding hydrogens is 336 g/mol. The van der Waals surface area contributed by atoms with Gasteiger partial charge in [-0.3, -0.25) is 4.79 Å². The molecule has 0 radical (unpaired) electrons. The number of carbonyl (C=O) groups is 1. The monoisotopic (exact) mass is 362 g/mol. The van der Waals surface area contributed by atoms with Crippen molar-refractivity contribution in [2.24, 2.45) is 34.7 Å². The normalized spacial score (nSPS) is 33.4. The van der Waals surface area contributed by atoms with E-state index in [2.05, 4.69) is 5.32 Å². The van der Waals surface area contributed by atoms with Gasteiger partial charge in [0.15, 0.2) is 0 Å². The van der Waals surface area contributed by atoms with E-state index in [-0.39, 0.29) is 16.7 Å². The van der Waals surface area contributed by atoms with Crippen LogP contribution in [-0.4, -0.2) is 20.9 Å². The Morgan fingerprint density at radius 2 is 1.56 bits per heavy atom. The Morgan fingerprint density at radius 3 is 2.08 bits per heavy atom. The molecule has 5 rings (SSSR count). The molecule has 4 saturated carbocycles. The van der Waals surface area contributed by atoms with Crippen LogP contribution in [0.4, 0.5) is 0 Å². The molecule has 0 spiro atoms. The van der Waals surface area contributed by atoms with Gasteiger partial charge in [0.25, 0.3) is 0 Å². The van der Waals surface area contributed by atoms with Crippen molar-refractivity contribution >= 4 is 15.9 Å². The second kappa shape index (κ2) is 6.40. The maximum atomic E-state index is 12.7. The van der Waals surface area contributed by atoms with E-state index in [1.54, 1.807) is 12.1 Å². The summed E-state index contributed by atoms with van der Waals surface area (Å²) in [5.41, 5.74) is 0.998. The topological polar surface area (TPSA) is 89.3 Å². The molecule has 1 aromatic carbocycles. The quantitative estimate of drug-likeness (QED) is 0.840. The molecule has 1 aromatic rings. The standard InChI is InChI=1S/C19H26N2O3S/c20-25(23,24)17-3-1-12(2-4-17)5-6-21-19(22)18-15-8-13-7-14(10-15)11-16(18)9-13/h1-4,13-16,18H,5-11H2,(H,21,22)(H2,20,23,24). The van der Waals surface area contributed by atoms with Gasteiger partial charge in [0.2, 0.25) is 15.9 Å². The lowest BCUT2D eigenvalue weighted by Gasteiger charge is -2.53. The fraction of sp³-hybridized carbons (Fsp3) is 0.632. The Hall–Kier alpha value is -1.40. The third-order valence-electron chi connectivity index (χ3n) is 6.49. The summed E-state index contributed by atoms with van der Waals surface area (Å²) < 4.78 is 22.5. The van der Waals surface area contributed by atoms with E-state index < -0.39 is 10.0 Å². The summed E-state index contributed by atoms with van der Waals surface area (Å²) in [5.74, 6) is 3.41. The summed E-state index contributed by atoms with van der Waals surface area (Å²) in [7, 11) is -3.65. The lowest BCUT2D eigenvalue weighted by Crippen LogP contribution is -2.51. The molecule has 0 saturated heterocycles. The van der Waals surface area contributed by atoms with Crippen molar-refractivity contribution in [3.63, 3.8) is 0 Å². The van der Waals surface area contributed by atoms with Crippen LogP contribution < -0.4 is 10.5 Å². The summed E-state index contributed by atoms with van der Waals surface area (Å²) in [4.78, 5) is 12.8. The summed E-state index contributed by atoms with van der Waals surface area (Å²) in [5, 5.41) is 8.22. The fourth-order valence-corrected chi connectivity index (χ4v) is 6.16. The van der Waals surface area contributed by atoms with Gasteiger partial charge >= 0.3 is 0 Å². The number of hydrogen-bond donors (Lipinski definition) is 2. The zero-order valence-electron chi connectivity index (χ0n) is 14.4. The first-order valence-corrected chi connectivity index (χ1v) is 10.8. The van der Waals surface area contributed by atoms with Gasteiger partial charge in [-0.05, 0) is 79.9 Å². The van der Waals surface area contributed by atoms with Gasteiger partial charge in [-0.1, -0.05) is 12.1 Å². The number of nitrogens with two attached hydrogens (primary N) is 1. The fourth-order valence-electron chi connectivity index (χ4n) is 5.65. The van der Waals surface area contributed by atoms with E-state index in [0.717, 1.165) is 17.4 Å². The number of primary sulfonamides is 1. The van der Waals surface area contributed by atoms with Crippen LogP contribution in [0.1, 0.15) is 37.7 Å². The molecule has 4 fully saturated rings. The second-order valence-electron chi connectivity index (χ2n) is 8.19. The van der Waals surface area contributed by atoms with Gasteiger partial charge in [0, 0.05) is 12.5 Å². The number of nitrogens with one attached hydrogen (secondary N) is 1. The van der Waals surface area contributed by atoms with Gasteiger partial charge in [-0.25, -0.2) is 13.6 Å². The number of hydrogen-bond acceptors (Lipinski definition) is 3. The molecule has 0 atom stereocenters. The van der Waals surface area contributed by atoms with E-state index in [1.165, 1.54) is 44.2 Å². The Morgan fingerprint density at radius 1 is 1.00 bits per heavy atom. The first-order chi connectivity index (χ1) is 11.9. The highest BCUT2D eigenvalue weighted by molar-refractivity contribution is 7.89. The van der Waals surface area contributed by atoms with E-state index in [4.69, 9.17) is 5.14 Å². The molecular formula is C19H26N2O3S. The maximum absolute atomic E-state index is 12.7. The zero-order chi connectivity index (χ0) is 17.6. The molecule has 136 valence electrons. The molecule has 6 heteroatoms. The smallest absolute Gasteiger partial charge is 0.238 e. The van der Waals surface area contributed by atoms with Gasteiger partial charge in [0.1, 0.15) is 0 Å². The zero-order valence-corrected chi connectivity index (χ0v) is 15.2. The molecule has 0 aromatic heterocycles. The minimum absolute atomic E-state index is 0.119. The highest BCUT2D eigenvalue weighted by Gasteiger charge is 2.50. The molecule has 1 amide bonds. The molecule has 4 aliphatic carbocycles. The van der Waals surface area contributed by atoms with Gasteiger partial charge in [-0.15, -0.1) is 0 Å². The number of carbonyl (C=O) groups excluding carboxylic acids is 1. The van der Waals surface area contributed by atoms with E-state index in [9.17, 15) is 13.2 Å². The van der Waals surface area contributed by atoms with Crippen molar-refractivity contribution in [3.05, 3.63) is 29.8 Å². The first-order valence-electron chi connectivity index (χ1n) is 9.29. The van der Waals surface area contributed by atoms with Crippen molar-refractivity contribution in [1.29, 1.82) is 0 Å². The number of benzene rings is 1. The Balaban J connectivity index is 1.31. The molecule has 3 N–H and O–H groups in total. The Bertz CT molecular complexity index is 729. The molecule has 0 aliphatic heterocycles. The maximum Gasteiger partial charge on any atom is 0.238 e. The van der Waals surface area contributed by atoms with Crippen LogP contribution in [0.25, 0.3) is 0 Å². The Kier molecular flexibility index (Phi) is 4.36.